The Morgan fingerprint density at radius 3 is 2.12 bits per heavy atom. The van der Waals surface area contributed by atoms with E-state index in [1.165, 1.54) is 18.2 Å². The Morgan fingerprint density at radius 2 is 1.59 bits per heavy atom. The van der Waals surface area contributed by atoms with E-state index < -0.39 is 5.97 Å². The van der Waals surface area contributed by atoms with Crippen molar-refractivity contribution >= 4 is 22.4 Å². The number of ether oxygens (including phenoxy) is 1. The first-order valence-electron chi connectivity index (χ1n) is 5.41. The van der Waals surface area contributed by atoms with Crippen LogP contribution in [0.3, 0.4) is 0 Å². The summed E-state index contributed by atoms with van der Waals surface area (Å²) < 4.78 is 4.70. The molecule has 0 amide bonds. The van der Waals surface area contributed by atoms with Crippen LogP contribution in [-0.2, 0) is 4.74 Å². The van der Waals surface area contributed by atoms with Gasteiger partial charge in [-0.2, -0.15) is 0 Å². The molecule has 0 aromatic heterocycles. The number of nitrogen functional groups attached to an aromatic ring is 1. The van der Waals surface area contributed by atoms with E-state index in [4.69, 9.17) is 10.5 Å². The highest BCUT2D eigenvalue weighted by atomic mass is 16.5. The van der Waals surface area contributed by atoms with Crippen LogP contribution in [0.5, 0.6) is 0 Å². The smallest absolute Gasteiger partial charge is 0.339 e. The number of aryl methyl sites for hydroxylation is 2. The van der Waals surface area contributed by atoms with Crippen LogP contribution in [0.15, 0.2) is 24.3 Å². The topological polar surface area (TPSA) is 52.3 Å². The number of hydrogen-bond acceptors (Lipinski definition) is 3. The summed E-state index contributed by atoms with van der Waals surface area (Å²) >= 11 is 0. The lowest BCUT2D eigenvalue weighted by molar-refractivity contribution is 0.0602. The lowest BCUT2D eigenvalue weighted by Gasteiger charge is -2.08. The van der Waals surface area contributed by atoms with Gasteiger partial charge in [-0.1, -0.05) is 12.1 Å². The van der Waals surface area contributed by atoms with E-state index in [9.17, 15) is 4.79 Å². The molecule has 0 unspecified atom stereocenters. The van der Waals surface area contributed by atoms with Gasteiger partial charge < -0.3 is 10.5 Å². The Balaban J connectivity index is 2.71. The zero-order valence-electron chi connectivity index (χ0n) is 10.2. The quantitative estimate of drug-likeness (QED) is 0.604. The Hall–Kier alpha value is -2.03. The Kier molecular flexibility index (Phi) is 2.76. The maximum absolute atomic E-state index is 11.5. The summed E-state index contributed by atoms with van der Waals surface area (Å²) in [5.74, 6) is -0.400. The average Bonchev–Trinajstić information content (AvgIpc) is 2.30. The van der Waals surface area contributed by atoms with E-state index in [1.54, 1.807) is 6.07 Å². The van der Waals surface area contributed by atoms with Crippen molar-refractivity contribution in [1.29, 1.82) is 0 Å². The van der Waals surface area contributed by atoms with Gasteiger partial charge in [-0.05, 0) is 47.9 Å². The third kappa shape index (κ3) is 1.96. The standard InChI is InChI=1S/C14H15NO2/c1-8-4-10-6-12(14(16)17-3)13(15)7-11(10)5-9(8)2/h4-7H,15H2,1-3H3. The number of esters is 1. The average molecular weight is 229 g/mol. The number of rotatable bonds is 1. The number of anilines is 1. The molecule has 0 aliphatic rings. The summed E-state index contributed by atoms with van der Waals surface area (Å²) in [4.78, 5) is 11.5. The van der Waals surface area contributed by atoms with Gasteiger partial charge in [-0.25, -0.2) is 4.79 Å². The molecule has 0 saturated heterocycles. The highest BCUT2D eigenvalue weighted by molar-refractivity contribution is 6.01. The number of nitrogens with two attached hydrogens (primary N) is 1. The molecule has 3 nitrogen and oxygen atoms in total. The molecule has 0 atom stereocenters. The van der Waals surface area contributed by atoms with Gasteiger partial charge in [0.15, 0.2) is 0 Å². The second-order valence-corrected chi connectivity index (χ2v) is 4.21. The molecule has 17 heavy (non-hydrogen) atoms. The highest BCUT2D eigenvalue weighted by Crippen LogP contribution is 2.25. The molecule has 0 radical (unpaired) electrons. The minimum atomic E-state index is -0.400. The van der Waals surface area contributed by atoms with E-state index in [1.807, 2.05) is 13.0 Å². The van der Waals surface area contributed by atoms with Gasteiger partial charge in [0.2, 0.25) is 0 Å². The van der Waals surface area contributed by atoms with Crippen molar-refractivity contribution in [3.63, 3.8) is 0 Å². The van der Waals surface area contributed by atoms with Crippen molar-refractivity contribution in [3.8, 4) is 0 Å². The normalized spacial score (nSPS) is 10.5. The highest BCUT2D eigenvalue weighted by Gasteiger charge is 2.11. The lowest BCUT2D eigenvalue weighted by atomic mass is 10.00. The van der Waals surface area contributed by atoms with Crippen LogP contribution in [0, 0.1) is 13.8 Å². The molecule has 3 heteroatoms. The molecule has 2 aromatic carbocycles. The van der Waals surface area contributed by atoms with Crippen molar-refractivity contribution < 1.29 is 9.53 Å². The fraction of sp³-hybridized carbons (Fsp3) is 0.214. The second-order valence-electron chi connectivity index (χ2n) is 4.21. The number of fused-ring (bicyclic) bond motifs is 1. The zero-order chi connectivity index (χ0) is 12.6. The first-order chi connectivity index (χ1) is 8.02. The van der Waals surface area contributed by atoms with Gasteiger partial charge in [0.25, 0.3) is 0 Å². The van der Waals surface area contributed by atoms with Crippen molar-refractivity contribution in [2.75, 3.05) is 12.8 Å². The van der Waals surface area contributed by atoms with E-state index in [0.29, 0.717) is 11.3 Å². The first-order valence-corrected chi connectivity index (χ1v) is 5.41. The van der Waals surface area contributed by atoms with Crippen molar-refractivity contribution in [2.45, 2.75) is 13.8 Å². The zero-order valence-corrected chi connectivity index (χ0v) is 10.2. The molecule has 0 bridgehead atoms. The van der Waals surface area contributed by atoms with Crippen LogP contribution in [0.2, 0.25) is 0 Å². The molecule has 0 saturated carbocycles. The number of methoxy groups -OCH3 is 1. The number of carbonyl (C=O) groups excluding carboxylic acids is 1. The number of benzene rings is 2. The second kappa shape index (κ2) is 4.09. The third-order valence-corrected chi connectivity index (χ3v) is 3.03. The molecule has 0 aliphatic carbocycles. The van der Waals surface area contributed by atoms with E-state index >= 15 is 0 Å². The van der Waals surface area contributed by atoms with Crippen LogP contribution >= 0.6 is 0 Å². The van der Waals surface area contributed by atoms with Gasteiger partial charge in [0.1, 0.15) is 0 Å². The molecule has 0 aliphatic heterocycles. The molecular weight excluding hydrogens is 214 g/mol. The summed E-state index contributed by atoms with van der Waals surface area (Å²) in [5, 5.41) is 2.04. The fourth-order valence-electron chi connectivity index (χ4n) is 1.88. The summed E-state index contributed by atoms with van der Waals surface area (Å²) in [7, 11) is 1.35. The molecule has 2 N–H and O–H groups in total. The SMILES string of the molecule is COC(=O)c1cc2cc(C)c(C)cc2cc1N. The van der Waals surface area contributed by atoms with E-state index in [0.717, 1.165) is 10.8 Å². The Labute approximate surface area is 100 Å². The minimum absolute atomic E-state index is 0.400. The van der Waals surface area contributed by atoms with Crippen molar-refractivity contribution in [1.82, 2.24) is 0 Å². The molecule has 0 fully saturated rings. The van der Waals surface area contributed by atoms with Gasteiger partial charge >= 0.3 is 5.97 Å². The number of carbonyl (C=O) groups is 1. The van der Waals surface area contributed by atoms with Gasteiger partial charge in [0.05, 0.1) is 12.7 Å². The predicted molar refractivity (Wildman–Crippen MR) is 69.2 cm³/mol. The molecule has 2 aromatic rings. The van der Waals surface area contributed by atoms with Gasteiger partial charge in [-0.15, -0.1) is 0 Å². The maximum atomic E-state index is 11.5. The summed E-state index contributed by atoms with van der Waals surface area (Å²) in [6.45, 7) is 4.10. The monoisotopic (exact) mass is 229 g/mol. The van der Waals surface area contributed by atoms with Gasteiger partial charge in [0, 0.05) is 5.69 Å². The lowest BCUT2D eigenvalue weighted by Crippen LogP contribution is -2.05. The van der Waals surface area contributed by atoms with Crippen LogP contribution in [0.4, 0.5) is 5.69 Å². The van der Waals surface area contributed by atoms with E-state index in [-0.39, 0.29) is 0 Å². The van der Waals surface area contributed by atoms with Gasteiger partial charge in [-0.3, -0.25) is 0 Å². The van der Waals surface area contributed by atoms with Crippen molar-refractivity contribution in [3.05, 3.63) is 41.0 Å². The van der Waals surface area contributed by atoms with E-state index in [2.05, 4.69) is 19.1 Å². The summed E-state index contributed by atoms with van der Waals surface area (Å²) in [5.41, 5.74) is 9.13. The first kappa shape index (κ1) is 11.5. The molecule has 0 spiro atoms. The molecular formula is C14H15NO2. The van der Waals surface area contributed by atoms with Crippen LogP contribution in [-0.4, -0.2) is 13.1 Å². The summed E-state index contributed by atoms with van der Waals surface area (Å²) in [6, 6.07) is 7.72. The Morgan fingerprint density at radius 1 is 1.06 bits per heavy atom. The third-order valence-electron chi connectivity index (χ3n) is 3.03. The van der Waals surface area contributed by atoms with Crippen LogP contribution in [0.25, 0.3) is 10.8 Å². The van der Waals surface area contributed by atoms with Crippen molar-refractivity contribution in [2.24, 2.45) is 0 Å². The van der Waals surface area contributed by atoms with Crippen LogP contribution < -0.4 is 5.73 Å². The summed E-state index contributed by atoms with van der Waals surface area (Å²) in [6.07, 6.45) is 0. The molecule has 0 heterocycles. The molecule has 2 rings (SSSR count). The maximum Gasteiger partial charge on any atom is 0.339 e. The van der Waals surface area contributed by atoms with Crippen LogP contribution in [0.1, 0.15) is 21.5 Å². The Bertz CT molecular complexity index is 603. The largest absolute Gasteiger partial charge is 0.465 e. The minimum Gasteiger partial charge on any atom is -0.465 e. The molecule has 88 valence electrons. The predicted octanol–water partition coefficient (Wildman–Crippen LogP) is 2.83. The number of hydrogen-bond donors (Lipinski definition) is 1. The fourth-order valence-corrected chi connectivity index (χ4v) is 1.88.